The highest BCUT2D eigenvalue weighted by Gasteiger charge is 2.46. The standard InChI is InChI=1S/C14H20BNO5/c1-13(2,3)20-12(17)16-14(8-9-14)10-4-6-11(7-5-10)21-15(18)19/h4-7,18-19H,8-9H2,1-3H3,(H,16,17). The lowest BCUT2D eigenvalue weighted by molar-refractivity contribution is 0.0495. The van der Waals surface area contributed by atoms with Gasteiger partial charge in [0.15, 0.2) is 0 Å². The Labute approximate surface area is 124 Å². The molecule has 1 amide bonds. The van der Waals surface area contributed by atoms with Crippen molar-refractivity contribution in [1.82, 2.24) is 5.32 Å². The molecule has 0 heterocycles. The van der Waals surface area contributed by atoms with E-state index in [1.165, 1.54) is 0 Å². The molecule has 1 saturated carbocycles. The lowest BCUT2D eigenvalue weighted by Crippen LogP contribution is -2.39. The molecule has 1 aliphatic rings. The van der Waals surface area contributed by atoms with Gasteiger partial charge >= 0.3 is 13.4 Å². The molecule has 0 atom stereocenters. The highest BCUT2D eigenvalue weighted by molar-refractivity contribution is 6.33. The first-order valence-corrected chi connectivity index (χ1v) is 6.85. The maximum atomic E-state index is 11.9. The smallest absolute Gasteiger partial charge is 0.512 e. The largest absolute Gasteiger partial charge is 0.707 e. The van der Waals surface area contributed by atoms with Gasteiger partial charge < -0.3 is 24.8 Å². The van der Waals surface area contributed by atoms with Crippen LogP contribution >= 0.6 is 0 Å². The van der Waals surface area contributed by atoms with Crippen LogP contribution in [0.2, 0.25) is 0 Å². The third kappa shape index (κ3) is 4.37. The monoisotopic (exact) mass is 293 g/mol. The molecular formula is C14H20BNO5. The van der Waals surface area contributed by atoms with E-state index in [9.17, 15) is 4.79 Å². The number of benzene rings is 1. The third-order valence-electron chi connectivity index (χ3n) is 3.14. The Morgan fingerprint density at radius 1 is 1.24 bits per heavy atom. The first kappa shape index (κ1) is 15.7. The van der Waals surface area contributed by atoms with Crippen LogP contribution in [0.25, 0.3) is 0 Å². The second kappa shape index (κ2) is 5.58. The molecule has 0 unspecified atom stereocenters. The van der Waals surface area contributed by atoms with Gasteiger partial charge in [0, 0.05) is 0 Å². The molecule has 3 N–H and O–H groups in total. The molecule has 21 heavy (non-hydrogen) atoms. The number of rotatable bonds is 4. The summed E-state index contributed by atoms with van der Waals surface area (Å²) < 4.78 is 10.0. The fraction of sp³-hybridized carbons (Fsp3) is 0.500. The van der Waals surface area contributed by atoms with Crippen LogP contribution in [0.3, 0.4) is 0 Å². The average molecular weight is 293 g/mol. The molecule has 1 aromatic carbocycles. The van der Waals surface area contributed by atoms with Crippen molar-refractivity contribution in [3.63, 3.8) is 0 Å². The van der Waals surface area contributed by atoms with Gasteiger partial charge in [-0.25, -0.2) is 4.79 Å². The Balaban J connectivity index is 2.02. The lowest BCUT2D eigenvalue weighted by atomic mass is 10.0. The first-order chi connectivity index (χ1) is 9.70. The lowest BCUT2D eigenvalue weighted by Gasteiger charge is -2.23. The van der Waals surface area contributed by atoms with E-state index in [2.05, 4.69) is 5.32 Å². The average Bonchev–Trinajstić information content (AvgIpc) is 3.07. The summed E-state index contributed by atoms with van der Waals surface area (Å²) >= 11 is 0. The van der Waals surface area contributed by atoms with E-state index in [1.54, 1.807) is 24.3 Å². The SMILES string of the molecule is CC(C)(C)OC(=O)NC1(c2ccc(OB(O)O)cc2)CC1. The number of amides is 1. The number of nitrogens with one attached hydrogen (secondary N) is 1. The summed E-state index contributed by atoms with van der Waals surface area (Å²) in [6.45, 7) is 5.45. The van der Waals surface area contributed by atoms with Gasteiger partial charge in [0.25, 0.3) is 0 Å². The zero-order valence-electron chi connectivity index (χ0n) is 12.4. The van der Waals surface area contributed by atoms with Crippen LogP contribution in [0.4, 0.5) is 4.79 Å². The molecule has 0 radical (unpaired) electrons. The number of hydrogen-bond donors (Lipinski definition) is 3. The van der Waals surface area contributed by atoms with Crippen LogP contribution in [0.5, 0.6) is 5.75 Å². The molecule has 1 aromatic rings. The van der Waals surface area contributed by atoms with Crippen molar-refractivity contribution in [2.45, 2.75) is 44.8 Å². The molecular weight excluding hydrogens is 273 g/mol. The third-order valence-corrected chi connectivity index (χ3v) is 3.14. The minimum Gasteiger partial charge on any atom is -0.512 e. The van der Waals surface area contributed by atoms with E-state index >= 15 is 0 Å². The molecule has 6 nitrogen and oxygen atoms in total. The van der Waals surface area contributed by atoms with Gasteiger partial charge in [0.2, 0.25) is 0 Å². The van der Waals surface area contributed by atoms with E-state index in [1.807, 2.05) is 20.8 Å². The molecule has 0 bridgehead atoms. The molecule has 114 valence electrons. The van der Waals surface area contributed by atoms with Crippen molar-refractivity contribution in [3.05, 3.63) is 29.8 Å². The predicted octanol–water partition coefficient (Wildman–Crippen LogP) is 1.55. The van der Waals surface area contributed by atoms with Crippen molar-refractivity contribution in [1.29, 1.82) is 0 Å². The number of hydrogen-bond acceptors (Lipinski definition) is 5. The van der Waals surface area contributed by atoms with E-state index in [-0.39, 0.29) is 0 Å². The van der Waals surface area contributed by atoms with Gasteiger partial charge in [-0.3, -0.25) is 0 Å². The summed E-state index contributed by atoms with van der Waals surface area (Å²) in [5.74, 6) is 0.349. The minimum atomic E-state index is -1.84. The fourth-order valence-corrected chi connectivity index (χ4v) is 2.08. The molecule has 2 rings (SSSR count). The topological polar surface area (TPSA) is 88.0 Å². The molecule has 1 fully saturated rings. The number of carbonyl (C=O) groups excluding carboxylic acids is 1. The maximum absolute atomic E-state index is 11.9. The van der Waals surface area contributed by atoms with Crippen LogP contribution in [-0.2, 0) is 10.3 Å². The summed E-state index contributed by atoms with van der Waals surface area (Å²) in [6, 6.07) is 6.85. The predicted molar refractivity (Wildman–Crippen MR) is 77.5 cm³/mol. The van der Waals surface area contributed by atoms with Gasteiger partial charge in [-0.05, 0) is 51.3 Å². The number of carbonyl (C=O) groups is 1. The summed E-state index contributed by atoms with van der Waals surface area (Å²) in [6.07, 6.45) is 1.25. The molecule has 0 saturated heterocycles. The Kier molecular flexibility index (Phi) is 4.16. The number of ether oxygens (including phenoxy) is 1. The Morgan fingerprint density at radius 3 is 2.24 bits per heavy atom. The summed E-state index contributed by atoms with van der Waals surface area (Å²) in [7, 11) is -1.84. The Morgan fingerprint density at radius 2 is 1.81 bits per heavy atom. The molecule has 1 aliphatic carbocycles. The van der Waals surface area contributed by atoms with Crippen LogP contribution in [0, 0.1) is 0 Å². The summed E-state index contributed by atoms with van der Waals surface area (Å²) in [5.41, 5.74) is 0.0153. The minimum absolute atomic E-state index is 0.349. The molecule has 7 heteroatoms. The Bertz CT molecular complexity index is 505. The van der Waals surface area contributed by atoms with Crippen LogP contribution in [0.15, 0.2) is 24.3 Å². The first-order valence-electron chi connectivity index (χ1n) is 6.85. The zero-order valence-corrected chi connectivity index (χ0v) is 12.4. The van der Waals surface area contributed by atoms with Gasteiger partial charge in [0.1, 0.15) is 11.4 Å². The van der Waals surface area contributed by atoms with Crippen molar-refractivity contribution in [2.24, 2.45) is 0 Å². The van der Waals surface area contributed by atoms with E-state index < -0.39 is 24.6 Å². The number of alkyl carbamates (subject to hydrolysis) is 1. The highest BCUT2D eigenvalue weighted by Crippen LogP contribution is 2.46. The summed E-state index contributed by atoms with van der Waals surface area (Å²) in [5, 5.41) is 20.4. The second-order valence-corrected chi connectivity index (χ2v) is 6.18. The van der Waals surface area contributed by atoms with E-state index in [0.717, 1.165) is 18.4 Å². The van der Waals surface area contributed by atoms with Gasteiger partial charge in [-0.1, -0.05) is 12.1 Å². The van der Waals surface area contributed by atoms with Crippen molar-refractivity contribution < 1.29 is 24.2 Å². The van der Waals surface area contributed by atoms with Gasteiger partial charge in [-0.15, -0.1) is 0 Å². The Hall–Kier alpha value is -1.73. The second-order valence-electron chi connectivity index (χ2n) is 6.18. The normalized spacial score (nSPS) is 16.0. The fourth-order valence-electron chi connectivity index (χ4n) is 2.08. The molecule has 0 spiro atoms. The zero-order chi connectivity index (χ0) is 15.7. The van der Waals surface area contributed by atoms with Gasteiger partial charge in [0.05, 0.1) is 5.54 Å². The summed E-state index contributed by atoms with van der Waals surface area (Å²) in [4.78, 5) is 11.9. The van der Waals surface area contributed by atoms with Crippen molar-refractivity contribution >= 4 is 13.4 Å². The van der Waals surface area contributed by atoms with Crippen LogP contribution in [0.1, 0.15) is 39.2 Å². The van der Waals surface area contributed by atoms with Crippen LogP contribution < -0.4 is 9.97 Å². The highest BCUT2D eigenvalue weighted by atomic mass is 16.6. The quantitative estimate of drug-likeness (QED) is 0.733. The van der Waals surface area contributed by atoms with E-state index in [4.69, 9.17) is 19.4 Å². The maximum Gasteiger partial charge on any atom is 0.707 e. The van der Waals surface area contributed by atoms with Gasteiger partial charge in [-0.2, -0.15) is 0 Å². The van der Waals surface area contributed by atoms with E-state index in [0.29, 0.717) is 5.75 Å². The van der Waals surface area contributed by atoms with Crippen LogP contribution in [-0.4, -0.2) is 29.1 Å². The molecule has 0 aliphatic heterocycles. The van der Waals surface area contributed by atoms with Crippen molar-refractivity contribution in [3.8, 4) is 5.75 Å². The molecule has 0 aromatic heterocycles. The van der Waals surface area contributed by atoms with Crippen molar-refractivity contribution in [2.75, 3.05) is 0 Å².